The summed E-state index contributed by atoms with van der Waals surface area (Å²) in [4.78, 5) is 15.8. The van der Waals surface area contributed by atoms with Crippen LogP contribution in [0.15, 0.2) is 194 Å². The number of fused-ring (bicyclic) bond motifs is 1. The predicted molar refractivity (Wildman–Crippen MR) is 255 cm³/mol. The minimum Gasteiger partial charge on any atom is -0.370 e. The van der Waals surface area contributed by atoms with Crippen LogP contribution in [0.1, 0.15) is 39.8 Å². The summed E-state index contributed by atoms with van der Waals surface area (Å²) in [6.45, 7) is 1.70. The van der Waals surface area contributed by atoms with Crippen LogP contribution < -0.4 is 0 Å². The molecule has 9 heteroatoms. The van der Waals surface area contributed by atoms with Crippen LogP contribution in [0.25, 0.3) is 0 Å². The van der Waals surface area contributed by atoms with Crippen LogP contribution in [-0.2, 0) is 82.3 Å². The second-order valence-electron chi connectivity index (χ2n) is 17.6. The molecular formula is C58H60O9. The molecule has 1 saturated carbocycles. The lowest BCUT2D eigenvalue weighted by Crippen LogP contribution is -2.66. The maximum Gasteiger partial charge on any atom is 0.186 e. The van der Waals surface area contributed by atoms with Crippen molar-refractivity contribution in [2.24, 2.45) is 17.8 Å². The number of methoxy groups -OCH3 is 1. The molecule has 6 aromatic carbocycles. The Hall–Kier alpha value is -5.59. The number of ether oxygens (including phenoxy) is 8. The summed E-state index contributed by atoms with van der Waals surface area (Å²) >= 11 is 0. The van der Waals surface area contributed by atoms with Gasteiger partial charge in [-0.05, 0) is 39.8 Å². The van der Waals surface area contributed by atoms with E-state index in [4.69, 9.17) is 37.9 Å². The highest BCUT2D eigenvalue weighted by Gasteiger charge is 2.59. The summed E-state index contributed by atoms with van der Waals surface area (Å²) in [7, 11) is 1.63. The van der Waals surface area contributed by atoms with Crippen molar-refractivity contribution in [1.29, 1.82) is 0 Å². The largest absolute Gasteiger partial charge is 0.370 e. The molecular weight excluding hydrogens is 841 g/mol. The first-order valence-electron chi connectivity index (χ1n) is 23.4. The van der Waals surface area contributed by atoms with Gasteiger partial charge in [-0.2, -0.15) is 0 Å². The SMILES string of the molecule is CO[C@H]1OC(C2CC=CC3C2C(=O)[C@H](OCc2ccccc2)[C@@H](OCc2ccccc2)[C@@H]3OCc2ccccc2)[C@@H](OCc2ccccc2)[C@H](OCc2ccccc2)[C@H]1OCc1ccccc1. The second-order valence-corrected chi connectivity index (χ2v) is 17.6. The second kappa shape index (κ2) is 23.4. The van der Waals surface area contributed by atoms with Gasteiger partial charge in [0.2, 0.25) is 0 Å². The summed E-state index contributed by atoms with van der Waals surface area (Å²) in [6.07, 6.45) is -1.01. The molecule has 1 heterocycles. The molecule has 2 aliphatic carbocycles. The number of hydrogen-bond acceptors (Lipinski definition) is 9. The van der Waals surface area contributed by atoms with E-state index in [1.165, 1.54) is 0 Å². The molecule has 11 atom stereocenters. The Labute approximate surface area is 394 Å². The first-order valence-corrected chi connectivity index (χ1v) is 23.4. The minimum absolute atomic E-state index is 0.0588. The number of benzene rings is 6. The Balaban J connectivity index is 1.10. The molecule has 67 heavy (non-hydrogen) atoms. The zero-order valence-corrected chi connectivity index (χ0v) is 38.0. The number of ketones is 1. The zero-order chi connectivity index (χ0) is 45.6. The Bertz CT molecular complexity index is 2400. The average Bonchev–Trinajstić information content (AvgIpc) is 3.39. The first kappa shape index (κ1) is 46.5. The number of hydrogen-bond donors (Lipinski definition) is 0. The van der Waals surface area contributed by atoms with Gasteiger partial charge in [-0.25, -0.2) is 0 Å². The summed E-state index contributed by atoms with van der Waals surface area (Å²) in [6, 6.07) is 60.3. The van der Waals surface area contributed by atoms with Crippen molar-refractivity contribution in [3.63, 3.8) is 0 Å². The van der Waals surface area contributed by atoms with Crippen LogP contribution in [0.2, 0.25) is 0 Å². The third kappa shape index (κ3) is 11.8. The van der Waals surface area contributed by atoms with Crippen molar-refractivity contribution >= 4 is 5.78 Å². The van der Waals surface area contributed by atoms with E-state index in [0.29, 0.717) is 26.2 Å². The van der Waals surface area contributed by atoms with E-state index in [9.17, 15) is 0 Å². The quantitative estimate of drug-likeness (QED) is 0.0695. The fraction of sp³-hybridized carbons (Fsp3) is 0.328. The molecule has 0 N–H and O–H groups in total. The molecule has 3 aliphatic rings. The minimum atomic E-state index is -0.961. The zero-order valence-electron chi connectivity index (χ0n) is 38.0. The lowest BCUT2D eigenvalue weighted by molar-refractivity contribution is -0.329. The van der Waals surface area contributed by atoms with Gasteiger partial charge < -0.3 is 37.9 Å². The molecule has 0 amide bonds. The molecule has 1 aliphatic heterocycles. The summed E-state index contributed by atoms with van der Waals surface area (Å²) in [5.74, 6) is -1.46. The molecule has 2 fully saturated rings. The van der Waals surface area contributed by atoms with Gasteiger partial charge in [0.25, 0.3) is 0 Å². The van der Waals surface area contributed by atoms with E-state index in [1.54, 1.807) is 7.11 Å². The Morgan fingerprint density at radius 2 is 0.791 bits per heavy atom. The fourth-order valence-corrected chi connectivity index (χ4v) is 9.82. The topological polar surface area (TPSA) is 90.9 Å². The Morgan fingerprint density at radius 1 is 0.433 bits per heavy atom. The molecule has 6 aromatic rings. The van der Waals surface area contributed by atoms with Crippen LogP contribution in [0.5, 0.6) is 0 Å². The normalized spacial score (nSPS) is 27.1. The first-order chi connectivity index (χ1) is 33.1. The highest BCUT2D eigenvalue weighted by Crippen LogP contribution is 2.47. The van der Waals surface area contributed by atoms with Gasteiger partial charge in [0.05, 0.1) is 51.8 Å². The average molecular weight is 901 g/mol. The van der Waals surface area contributed by atoms with Crippen LogP contribution >= 0.6 is 0 Å². The summed E-state index contributed by atoms with van der Waals surface area (Å²) in [5, 5.41) is 0. The van der Waals surface area contributed by atoms with Crippen LogP contribution in [-0.4, -0.2) is 61.9 Å². The van der Waals surface area contributed by atoms with Gasteiger partial charge in [0, 0.05) is 24.9 Å². The number of allylic oxidation sites excluding steroid dienone is 1. The number of rotatable bonds is 20. The number of carbonyl (C=O) groups is 1. The van der Waals surface area contributed by atoms with E-state index in [1.807, 2.05) is 170 Å². The van der Waals surface area contributed by atoms with Crippen molar-refractivity contribution in [1.82, 2.24) is 0 Å². The van der Waals surface area contributed by atoms with Crippen molar-refractivity contribution in [3.8, 4) is 0 Å². The summed E-state index contributed by atoms with van der Waals surface area (Å²) < 4.78 is 55.0. The number of Topliss-reactive ketones (excluding diaryl/α,β-unsaturated/α-hetero) is 1. The molecule has 346 valence electrons. The van der Waals surface area contributed by atoms with Gasteiger partial charge in [-0.15, -0.1) is 0 Å². The lowest BCUT2D eigenvalue weighted by atomic mass is 9.62. The van der Waals surface area contributed by atoms with Crippen LogP contribution in [0.4, 0.5) is 0 Å². The summed E-state index contributed by atoms with van der Waals surface area (Å²) in [5.41, 5.74) is 5.96. The Kier molecular flexibility index (Phi) is 16.3. The molecule has 0 radical (unpaired) electrons. The maximum atomic E-state index is 15.8. The van der Waals surface area contributed by atoms with Gasteiger partial charge >= 0.3 is 0 Å². The van der Waals surface area contributed by atoms with Gasteiger partial charge in [0.15, 0.2) is 12.1 Å². The third-order valence-electron chi connectivity index (χ3n) is 13.1. The van der Waals surface area contributed by atoms with E-state index in [-0.39, 0.29) is 31.5 Å². The molecule has 9 rings (SSSR count). The van der Waals surface area contributed by atoms with Gasteiger partial charge in [-0.3, -0.25) is 4.79 Å². The molecule has 0 spiro atoms. The third-order valence-corrected chi connectivity index (χ3v) is 13.1. The standard InChI is InChI=1S/C58H60O9/c1-60-58-57(66-40-46-31-18-7-19-32-46)56(65-39-45-29-16-6-17-30-45)55(64-38-44-27-14-5-15-28-44)52(67-58)48-34-20-33-47-49(48)50(59)53(62-36-42-23-10-3-11-24-42)54(63-37-43-25-12-4-13-26-43)51(47)61-35-41-21-8-2-9-22-41/h2-33,47-49,51-58H,34-40H2,1H3/t47?,48?,49?,51-,52?,53+,54+,55-,56+,57-,58+/m1/s1. The predicted octanol–water partition coefficient (Wildman–Crippen LogP) is 10.3. The Morgan fingerprint density at radius 3 is 1.21 bits per heavy atom. The monoisotopic (exact) mass is 900 g/mol. The van der Waals surface area contributed by atoms with Crippen LogP contribution in [0, 0.1) is 17.8 Å². The van der Waals surface area contributed by atoms with Crippen molar-refractivity contribution in [2.75, 3.05) is 7.11 Å². The van der Waals surface area contributed by atoms with Crippen molar-refractivity contribution < 1.29 is 42.7 Å². The fourth-order valence-electron chi connectivity index (χ4n) is 9.82. The van der Waals surface area contributed by atoms with Gasteiger partial charge in [0.1, 0.15) is 30.5 Å². The maximum absolute atomic E-state index is 15.8. The highest BCUT2D eigenvalue weighted by molar-refractivity contribution is 5.88. The van der Waals surface area contributed by atoms with Crippen molar-refractivity contribution in [2.45, 2.75) is 95.1 Å². The van der Waals surface area contributed by atoms with E-state index >= 15 is 4.79 Å². The van der Waals surface area contributed by atoms with E-state index < -0.39 is 60.9 Å². The highest BCUT2D eigenvalue weighted by atomic mass is 16.7. The smallest absolute Gasteiger partial charge is 0.186 e. The molecule has 0 bridgehead atoms. The molecule has 1 saturated heterocycles. The van der Waals surface area contributed by atoms with Gasteiger partial charge in [-0.1, -0.05) is 194 Å². The van der Waals surface area contributed by atoms with Crippen LogP contribution in [0.3, 0.4) is 0 Å². The number of carbonyl (C=O) groups excluding carboxylic acids is 1. The molecule has 4 unspecified atom stereocenters. The van der Waals surface area contributed by atoms with E-state index in [0.717, 1.165) is 33.4 Å². The lowest BCUT2D eigenvalue weighted by Gasteiger charge is -2.53. The van der Waals surface area contributed by atoms with E-state index in [2.05, 4.69) is 24.3 Å². The van der Waals surface area contributed by atoms with Crippen molar-refractivity contribution in [3.05, 3.63) is 228 Å². The molecule has 9 nitrogen and oxygen atoms in total. The molecule has 0 aromatic heterocycles.